The molecular weight excluding hydrogens is 368 g/mol. The van der Waals surface area contributed by atoms with E-state index in [-0.39, 0.29) is 5.91 Å². The van der Waals surface area contributed by atoms with Crippen LogP contribution in [0.2, 0.25) is 0 Å². The fourth-order valence-electron chi connectivity index (χ4n) is 3.06. The van der Waals surface area contributed by atoms with E-state index in [1.165, 1.54) is 11.3 Å². The Labute approximate surface area is 167 Å². The van der Waals surface area contributed by atoms with Crippen LogP contribution in [0.4, 0.5) is 0 Å². The summed E-state index contributed by atoms with van der Waals surface area (Å²) in [6.45, 7) is 1.08. The highest BCUT2D eigenvalue weighted by molar-refractivity contribution is 7.12. The lowest BCUT2D eigenvalue weighted by atomic mass is 10.1. The maximum Gasteiger partial charge on any atom is 0.261 e. The average molecular weight is 388 g/mol. The Morgan fingerprint density at radius 2 is 1.86 bits per heavy atom. The SMILES string of the molecule is O=C(NCCCOc1cccc2cccnc12)c1sccc1-c1ccccc1. The number of rotatable bonds is 7. The number of fused-ring (bicyclic) bond motifs is 1. The molecule has 0 unspecified atom stereocenters. The molecule has 0 fully saturated rings. The molecule has 1 N–H and O–H groups in total. The van der Waals surface area contributed by atoms with Crippen molar-refractivity contribution in [3.8, 4) is 16.9 Å². The van der Waals surface area contributed by atoms with Gasteiger partial charge in [0.2, 0.25) is 0 Å². The number of hydrogen-bond donors (Lipinski definition) is 1. The molecule has 5 heteroatoms. The molecular formula is C23H20N2O2S. The summed E-state index contributed by atoms with van der Waals surface area (Å²) in [7, 11) is 0. The Bertz CT molecular complexity index is 1070. The lowest BCUT2D eigenvalue weighted by molar-refractivity contribution is 0.0956. The molecule has 1 amide bonds. The van der Waals surface area contributed by atoms with Crippen LogP contribution in [-0.2, 0) is 0 Å². The number of pyridine rings is 1. The van der Waals surface area contributed by atoms with E-state index >= 15 is 0 Å². The minimum Gasteiger partial charge on any atom is -0.491 e. The maximum absolute atomic E-state index is 12.6. The number of para-hydroxylation sites is 1. The third-order valence-electron chi connectivity index (χ3n) is 4.42. The van der Waals surface area contributed by atoms with Crippen LogP contribution in [-0.4, -0.2) is 24.0 Å². The van der Waals surface area contributed by atoms with Crippen LogP contribution in [0.5, 0.6) is 5.75 Å². The predicted octanol–water partition coefficient (Wildman–Crippen LogP) is 5.16. The Hall–Kier alpha value is -3.18. The van der Waals surface area contributed by atoms with Crippen LogP contribution < -0.4 is 10.1 Å². The van der Waals surface area contributed by atoms with Gasteiger partial charge in [0.15, 0.2) is 0 Å². The van der Waals surface area contributed by atoms with Crippen LogP contribution in [0.15, 0.2) is 78.3 Å². The van der Waals surface area contributed by atoms with E-state index < -0.39 is 0 Å². The Morgan fingerprint density at radius 1 is 1.00 bits per heavy atom. The van der Waals surface area contributed by atoms with E-state index in [1.54, 1.807) is 6.20 Å². The van der Waals surface area contributed by atoms with Crippen molar-refractivity contribution in [2.75, 3.05) is 13.2 Å². The molecule has 2 aromatic heterocycles. The van der Waals surface area contributed by atoms with Gasteiger partial charge in [-0.3, -0.25) is 9.78 Å². The second-order valence-electron chi connectivity index (χ2n) is 6.32. The molecule has 0 aliphatic rings. The van der Waals surface area contributed by atoms with Crippen molar-refractivity contribution >= 4 is 28.1 Å². The summed E-state index contributed by atoms with van der Waals surface area (Å²) in [6.07, 6.45) is 2.49. The van der Waals surface area contributed by atoms with Gasteiger partial charge in [-0.15, -0.1) is 11.3 Å². The normalized spacial score (nSPS) is 10.7. The van der Waals surface area contributed by atoms with E-state index in [2.05, 4.69) is 10.3 Å². The van der Waals surface area contributed by atoms with Gasteiger partial charge in [-0.25, -0.2) is 0 Å². The Balaban J connectivity index is 1.30. The number of benzene rings is 2. The van der Waals surface area contributed by atoms with Gasteiger partial charge >= 0.3 is 0 Å². The Morgan fingerprint density at radius 3 is 2.75 bits per heavy atom. The van der Waals surface area contributed by atoms with Gasteiger partial charge in [0.05, 0.1) is 11.5 Å². The third kappa shape index (κ3) is 4.05. The van der Waals surface area contributed by atoms with Gasteiger partial charge in [0.25, 0.3) is 5.91 Å². The number of ether oxygens (including phenoxy) is 1. The number of carbonyl (C=O) groups is 1. The summed E-state index contributed by atoms with van der Waals surface area (Å²) in [4.78, 5) is 17.7. The van der Waals surface area contributed by atoms with Crippen molar-refractivity contribution in [3.63, 3.8) is 0 Å². The van der Waals surface area contributed by atoms with Crippen LogP contribution in [0.3, 0.4) is 0 Å². The van der Waals surface area contributed by atoms with Gasteiger partial charge in [-0.2, -0.15) is 0 Å². The summed E-state index contributed by atoms with van der Waals surface area (Å²) in [6, 6.07) is 21.8. The molecule has 0 spiro atoms. The van der Waals surface area contributed by atoms with E-state index in [1.807, 2.05) is 72.1 Å². The second kappa shape index (κ2) is 8.67. The molecule has 28 heavy (non-hydrogen) atoms. The van der Waals surface area contributed by atoms with Gasteiger partial charge in [0.1, 0.15) is 11.3 Å². The van der Waals surface area contributed by atoms with Crippen molar-refractivity contribution < 1.29 is 9.53 Å². The number of aromatic nitrogens is 1. The van der Waals surface area contributed by atoms with Crippen LogP contribution in [0, 0.1) is 0 Å². The first-order chi connectivity index (χ1) is 13.8. The standard InChI is InChI=1S/C23H20N2O2S/c26-23(22-19(12-16-28-22)17-7-2-1-3-8-17)25-14-6-15-27-20-11-4-9-18-10-5-13-24-21(18)20/h1-5,7-13,16H,6,14-15H2,(H,25,26). The summed E-state index contributed by atoms with van der Waals surface area (Å²) in [5.74, 6) is 0.731. The molecule has 4 rings (SSSR count). The summed E-state index contributed by atoms with van der Waals surface area (Å²) < 4.78 is 5.87. The molecule has 2 aromatic carbocycles. The monoisotopic (exact) mass is 388 g/mol. The topological polar surface area (TPSA) is 51.2 Å². The lowest BCUT2D eigenvalue weighted by Crippen LogP contribution is -2.25. The molecule has 0 aliphatic heterocycles. The van der Waals surface area contributed by atoms with Crippen molar-refractivity contribution in [1.82, 2.24) is 10.3 Å². The molecule has 140 valence electrons. The van der Waals surface area contributed by atoms with Gasteiger partial charge in [-0.1, -0.05) is 48.5 Å². The first kappa shape index (κ1) is 18.2. The third-order valence-corrected chi connectivity index (χ3v) is 5.33. The Kier molecular flexibility index (Phi) is 5.64. The predicted molar refractivity (Wildman–Crippen MR) is 114 cm³/mol. The minimum atomic E-state index is -0.0410. The molecule has 4 nitrogen and oxygen atoms in total. The largest absolute Gasteiger partial charge is 0.491 e. The summed E-state index contributed by atoms with van der Waals surface area (Å²) in [5, 5.41) is 6.00. The van der Waals surface area contributed by atoms with Crippen molar-refractivity contribution in [2.24, 2.45) is 0 Å². The van der Waals surface area contributed by atoms with E-state index in [0.717, 1.165) is 39.1 Å². The first-order valence-electron chi connectivity index (χ1n) is 9.20. The van der Waals surface area contributed by atoms with Crippen molar-refractivity contribution in [1.29, 1.82) is 0 Å². The quantitative estimate of drug-likeness (QED) is 0.445. The number of carbonyl (C=O) groups excluding carboxylic acids is 1. The van der Waals surface area contributed by atoms with Crippen LogP contribution >= 0.6 is 11.3 Å². The highest BCUT2D eigenvalue weighted by Crippen LogP contribution is 2.28. The number of amides is 1. The molecule has 0 bridgehead atoms. The zero-order valence-electron chi connectivity index (χ0n) is 15.3. The molecule has 4 aromatic rings. The van der Waals surface area contributed by atoms with E-state index in [0.29, 0.717) is 13.2 Å². The lowest BCUT2D eigenvalue weighted by Gasteiger charge is -2.09. The second-order valence-corrected chi connectivity index (χ2v) is 7.23. The van der Waals surface area contributed by atoms with Gasteiger partial charge < -0.3 is 10.1 Å². The van der Waals surface area contributed by atoms with E-state index in [9.17, 15) is 4.79 Å². The van der Waals surface area contributed by atoms with Crippen molar-refractivity contribution in [3.05, 3.63) is 83.2 Å². The van der Waals surface area contributed by atoms with E-state index in [4.69, 9.17) is 4.74 Å². The van der Waals surface area contributed by atoms with Gasteiger partial charge in [-0.05, 0) is 35.6 Å². The van der Waals surface area contributed by atoms with Crippen LogP contribution in [0.25, 0.3) is 22.0 Å². The smallest absolute Gasteiger partial charge is 0.261 e. The molecule has 0 saturated heterocycles. The zero-order valence-corrected chi connectivity index (χ0v) is 16.1. The minimum absolute atomic E-state index is 0.0410. The number of hydrogen-bond acceptors (Lipinski definition) is 4. The molecule has 2 heterocycles. The first-order valence-corrected chi connectivity index (χ1v) is 10.1. The van der Waals surface area contributed by atoms with Crippen LogP contribution in [0.1, 0.15) is 16.1 Å². The fourth-order valence-corrected chi connectivity index (χ4v) is 3.89. The summed E-state index contributed by atoms with van der Waals surface area (Å²) in [5.41, 5.74) is 2.89. The molecule has 0 saturated carbocycles. The zero-order chi connectivity index (χ0) is 19.2. The number of nitrogens with one attached hydrogen (secondary N) is 1. The maximum atomic E-state index is 12.6. The highest BCUT2D eigenvalue weighted by Gasteiger charge is 2.14. The highest BCUT2D eigenvalue weighted by atomic mass is 32.1. The number of nitrogens with zero attached hydrogens (tertiary/aromatic N) is 1. The molecule has 0 radical (unpaired) electrons. The summed E-state index contributed by atoms with van der Waals surface area (Å²) >= 11 is 1.46. The van der Waals surface area contributed by atoms with Crippen molar-refractivity contribution in [2.45, 2.75) is 6.42 Å². The average Bonchev–Trinajstić information content (AvgIpc) is 3.24. The fraction of sp³-hybridized carbons (Fsp3) is 0.130. The molecule has 0 atom stereocenters. The molecule has 0 aliphatic carbocycles. The number of thiophene rings is 1. The van der Waals surface area contributed by atoms with Gasteiger partial charge in [0, 0.05) is 23.7 Å².